The molecule has 0 bridgehead atoms. The van der Waals surface area contributed by atoms with Gasteiger partial charge in [0, 0.05) is 49.6 Å². The summed E-state index contributed by atoms with van der Waals surface area (Å²) < 4.78 is 8.81. The molecule has 8 heteroatoms. The van der Waals surface area contributed by atoms with Gasteiger partial charge in [-0.2, -0.15) is 10.2 Å². The molecule has 1 N–H and O–H groups in total. The van der Waals surface area contributed by atoms with Crippen molar-refractivity contribution in [3.63, 3.8) is 0 Å². The first-order valence-electron chi connectivity index (χ1n) is 8.11. The maximum atomic E-state index is 12.4. The quantitative estimate of drug-likeness (QED) is 0.781. The van der Waals surface area contributed by atoms with Crippen LogP contribution in [0, 0.1) is 0 Å². The standard InChI is InChI=1S/C18H18N6O2/c1-23-9-11(7-19-23)13-4-5-15(26-3)14-6-16(21-17(13)14)22-18(25)12-8-20-24(2)10-12/h4-5,7-10H,6H2,1-3H3,(H,21,22,25). The monoisotopic (exact) mass is 350 g/mol. The molecule has 0 saturated carbocycles. The number of fused-ring (bicyclic) bond motifs is 1. The largest absolute Gasteiger partial charge is 0.496 e. The first kappa shape index (κ1) is 16.1. The maximum absolute atomic E-state index is 12.4. The summed E-state index contributed by atoms with van der Waals surface area (Å²) >= 11 is 0. The Morgan fingerprint density at radius 2 is 1.92 bits per heavy atom. The van der Waals surface area contributed by atoms with Gasteiger partial charge in [0.05, 0.1) is 30.8 Å². The van der Waals surface area contributed by atoms with Crippen molar-refractivity contribution in [2.45, 2.75) is 6.42 Å². The van der Waals surface area contributed by atoms with Crippen molar-refractivity contribution >= 4 is 17.4 Å². The molecule has 0 spiro atoms. The number of aromatic nitrogens is 4. The summed E-state index contributed by atoms with van der Waals surface area (Å²) in [6, 6.07) is 3.88. The van der Waals surface area contributed by atoms with Crippen LogP contribution in [0.1, 0.15) is 15.9 Å². The first-order valence-corrected chi connectivity index (χ1v) is 8.11. The third-order valence-electron chi connectivity index (χ3n) is 4.29. The third kappa shape index (κ3) is 2.75. The molecule has 132 valence electrons. The number of hydrogen-bond donors (Lipinski definition) is 1. The second kappa shape index (κ2) is 6.14. The fourth-order valence-electron chi connectivity index (χ4n) is 3.06. The summed E-state index contributed by atoms with van der Waals surface area (Å²) in [5, 5.41) is 11.1. The van der Waals surface area contributed by atoms with Crippen molar-refractivity contribution in [1.82, 2.24) is 24.9 Å². The Bertz CT molecular complexity index is 1030. The van der Waals surface area contributed by atoms with Crippen LogP contribution in [0.25, 0.3) is 11.1 Å². The van der Waals surface area contributed by atoms with Gasteiger partial charge >= 0.3 is 0 Å². The van der Waals surface area contributed by atoms with Crippen molar-refractivity contribution in [3.05, 3.63) is 48.0 Å². The van der Waals surface area contributed by atoms with Gasteiger partial charge in [-0.1, -0.05) is 0 Å². The van der Waals surface area contributed by atoms with Crippen LogP contribution in [-0.4, -0.2) is 38.4 Å². The highest BCUT2D eigenvalue weighted by molar-refractivity contribution is 6.10. The topological polar surface area (TPSA) is 86.3 Å². The number of nitrogens with zero attached hydrogens (tertiary/aromatic N) is 5. The molecule has 4 rings (SSSR count). The van der Waals surface area contributed by atoms with Crippen molar-refractivity contribution in [2.75, 3.05) is 7.11 Å². The van der Waals surface area contributed by atoms with Crippen LogP contribution in [-0.2, 0) is 20.5 Å². The molecule has 1 aromatic carbocycles. The average molecular weight is 350 g/mol. The van der Waals surface area contributed by atoms with Gasteiger partial charge in [-0.05, 0) is 12.1 Å². The number of aryl methyl sites for hydroxylation is 2. The summed E-state index contributed by atoms with van der Waals surface area (Å²) in [6.45, 7) is 0. The molecule has 0 unspecified atom stereocenters. The van der Waals surface area contributed by atoms with Crippen LogP contribution >= 0.6 is 0 Å². The lowest BCUT2D eigenvalue weighted by atomic mass is 10.0. The molecular formula is C18H18N6O2. The number of nitrogens with one attached hydrogen (secondary N) is 1. The molecule has 3 aromatic rings. The SMILES string of the molecule is COc1ccc(-c2cnn(C)c2)c2c1CC(NC(=O)c1cnn(C)c1)=N2. The van der Waals surface area contributed by atoms with Crippen LogP contribution < -0.4 is 10.1 Å². The van der Waals surface area contributed by atoms with E-state index in [-0.39, 0.29) is 5.91 Å². The number of ether oxygens (including phenoxy) is 1. The second-order valence-electron chi connectivity index (χ2n) is 6.14. The van der Waals surface area contributed by atoms with E-state index in [0.29, 0.717) is 17.8 Å². The minimum absolute atomic E-state index is 0.230. The number of hydrogen-bond acceptors (Lipinski definition) is 5. The highest BCUT2D eigenvalue weighted by atomic mass is 16.5. The fourth-order valence-corrected chi connectivity index (χ4v) is 3.06. The number of methoxy groups -OCH3 is 1. The van der Waals surface area contributed by atoms with E-state index in [2.05, 4.69) is 20.5 Å². The molecule has 26 heavy (non-hydrogen) atoms. The molecule has 1 aliphatic heterocycles. The molecule has 0 fully saturated rings. The Labute approximate surface area is 150 Å². The van der Waals surface area contributed by atoms with Crippen LogP contribution in [0.5, 0.6) is 5.75 Å². The van der Waals surface area contributed by atoms with Gasteiger partial charge in [-0.15, -0.1) is 0 Å². The zero-order valence-corrected chi connectivity index (χ0v) is 14.7. The van der Waals surface area contributed by atoms with Crippen LogP contribution in [0.2, 0.25) is 0 Å². The van der Waals surface area contributed by atoms with Crippen LogP contribution in [0.3, 0.4) is 0 Å². The summed E-state index contributed by atoms with van der Waals surface area (Å²) in [6.07, 6.45) is 7.42. The maximum Gasteiger partial charge on any atom is 0.259 e. The van der Waals surface area contributed by atoms with Gasteiger partial charge in [-0.25, -0.2) is 4.99 Å². The predicted octanol–water partition coefficient (Wildman–Crippen LogP) is 1.85. The van der Waals surface area contributed by atoms with Gasteiger partial charge < -0.3 is 10.1 Å². The van der Waals surface area contributed by atoms with E-state index in [1.807, 2.05) is 25.4 Å². The second-order valence-corrected chi connectivity index (χ2v) is 6.14. The Hall–Kier alpha value is -3.42. The van der Waals surface area contributed by atoms with E-state index in [9.17, 15) is 4.79 Å². The molecule has 0 atom stereocenters. The number of aliphatic imine (C=N–C) groups is 1. The van der Waals surface area contributed by atoms with Crippen molar-refractivity contribution in [2.24, 2.45) is 19.1 Å². The van der Waals surface area contributed by atoms with Crippen LogP contribution in [0.15, 0.2) is 41.9 Å². The van der Waals surface area contributed by atoms with Crippen molar-refractivity contribution < 1.29 is 9.53 Å². The summed E-state index contributed by atoms with van der Waals surface area (Å²) in [4.78, 5) is 17.0. The number of carbonyl (C=O) groups is 1. The summed E-state index contributed by atoms with van der Waals surface area (Å²) in [5.41, 5.74) is 4.18. The minimum atomic E-state index is -0.230. The van der Waals surface area contributed by atoms with Gasteiger partial charge in [-0.3, -0.25) is 14.2 Å². The highest BCUT2D eigenvalue weighted by Gasteiger charge is 2.24. The predicted molar refractivity (Wildman–Crippen MR) is 96.7 cm³/mol. The van der Waals surface area contributed by atoms with Gasteiger partial charge in [0.15, 0.2) is 0 Å². The lowest BCUT2D eigenvalue weighted by Gasteiger charge is -2.09. The molecule has 2 aromatic heterocycles. The minimum Gasteiger partial charge on any atom is -0.496 e. The molecule has 1 amide bonds. The average Bonchev–Trinajstić information content (AvgIpc) is 3.33. The first-order chi connectivity index (χ1) is 12.5. The zero-order chi connectivity index (χ0) is 18.3. The van der Waals surface area contributed by atoms with E-state index in [1.54, 1.807) is 35.9 Å². The molecular weight excluding hydrogens is 332 g/mol. The Balaban J connectivity index is 1.68. The zero-order valence-electron chi connectivity index (χ0n) is 14.7. The normalized spacial score (nSPS) is 12.7. The lowest BCUT2D eigenvalue weighted by Crippen LogP contribution is -2.30. The smallest absolute Gasteiger partial charge is 0.259 e. The Kier molecular flexibility index (Phi) is 3.80. The Morgan fingerprint density at radius 3 is 2.58 bits per heavy atom. The molecule has 0 aliphatic carbocycles. The van der Waals surface area contributed by atoms with Gasteiger partial charge in [0.25, 0.3) is 5.91 Å². The lowest BCUT2D eigenvalue weighted by molar-refractivity contribution is 0.0976. The summed E-state index contributed by atoms with van der Waals surface area (Å²) in [7, 11) is 5.27. The molecule has 1 aliphatic rings. The van der Waals surface area contributed by atoms with E-state index in [0.717, 1.165) is 28.1 Å². The number of benzene rings is 1. The van der Waals surface area contributed by atoms with Crippen LogP contribution in [0.4, 0.5) is 5.69 Å². The van der Waals surface area contributed by atoms with E-state index in [1.165, 1.54) is 6.20 Å². The number of carbonyl (C=O) groups excluding carboxylic acids is 1. The van der Waals surface area contributed by atoms with Gasteiger partial charge in [0.1, 0.15) is 11.6 Å². The van der Waals surface area contributed by atoms with Crippen molar-refractivity contribution in [3.8, 4) is 16.9 Å². The van der Waals surface area contributed by atoms with Gasteiger partial charge in [0.2, 0.25) is 0 Å². The van der Waals surface area contributed by atoms with Crippen molar-refractivity contribution in [1.29, 1.82) is 0 Å². The highest BCUT2D eigenvalue weighted by Crippen LogP contribution is 2.41. The number of amidine groups is 1. The Morgan fingerprint density at radius 1 is 1.15 bits per heavy atom. The number of rotatable bonds is 3. The third-order valence-corrected chi connectivity index (χ3v) is 4.29. The fraction of sp³-hybridized carbons (Fsp3) is 0.222. The van der Waals surface area contributed by atoms with E-state index in [4.69, 9.17) is 4.74 Å². The molecule has 8 nitrogen and oxygen atoms in total. The molecule has 0 saturated heterocycles. The van der Waals surface area contributed by atoms with E-state index < -0.39 is 0 Å². The van der Waals surface area contributed by atoms with E-state index >= 15 is 0 Å². The molecule has 0 radical (unpaired) electrons. The molecule has 3 heterocycles. The number of amides is 1. The summed E-state index contributed by atoms with van der Waals surface area (Å²) in [5.74, 6) is 1.11.